The molecule has 0 fully saturated rings. The Hall–Kier alpha value is -4.12. The van der Waals surface area contributed by atoms with Crippen LogP contribution in [0, 0.1) is 13.8 Å². The van der Waals surface area contributed by atoms with Gasteiger partial charge >= 0.3 is 0 Å². The Bertz CT molecular complexity index is 1570. The van der Waals surface area contributed by atoms with Crippen molar-refractivity contribution in [3.8, 4) is 5.75 Å². The number of carbonyl (C=O) groups is 1. The van der Waals surface area contributed by atoms with E-state index in [-0.39, 0.29) is 5.91 Å². The van der Waals surface area contributed by atoms with Crippen molar-refractivity contribution in [1.82, 2.24) is 14.9 Å². The average Bonchev–Trinajstić information content (AvgIpc) is 3.30. The number of para-hydroxylation sites is 2. The summed E-state index contributed by atoms with van der Waals surface area (Å²) in [6.07, 6.45) is 4.87. The number of imidazole rings is 1. The van der Waals surface area contributed by atoms with Gasteiger partial charge in [0.25, 0.3) is 5.91 Å². The number of hydrogen-bond acceptors (Lipinski definition) is 3. The van der Waals surface area contributed by atoms with Crippen LogP contribution in [0.2, 0.25) is 0 Å². The molecule has 0 unspecified atom stereocenters. The van der Waals surface area contributed by atoms with E-state index in [9.17, 15) is 4.79 Å². The van der Waals surface area contributed by atoms with Gasteiger partial charge in [-0.25, -0.2) is 4.98 Å². The van der Waals surface area contributed by atoms with Crippen LogP contribution in [-0.2, 0) is 13.0 Å². The standard InChI is InChI=1S/C34H37N3O2/c1-25-16-19-30(26(2)23-25)34(38)35-20-9-3-4-15-33-36-31-13-7-8-14-32(31)37(33)21-10-22-39-29-18-17-27-11-5-6-12-28(27)24-29/h5-8,11-14,16-19,23-24H,3-4,9-10,15,20-22H2,1-2H3,(H,35,38). The maximum atomic E-state index is 12.5. The first-order valence-corrected chi connectivity index (χ1v) is 14.0. The smallest absolute Gasteiger partial charge is 0.251 e. The Balaban J connectivity index is 1.10. The van der Waals surface area contributed by atoms with Gasteiger partial charge in [-0.1, -0.05) is 66.6 Å². The maximum absolute atomic E-state index is 12.5. The summed E-state index contributed by atoms with van der Waals surface area (Å²) in [6, 6.07) is 28.9. The fourth-order valence-corrected chi connectivity index (χ4v) is 5.19. The van der Waals surface area contributed by atoms with E-state index in [4.69, 9.17) is 9.72 Å². The number of nitrogens with zero attached hydrogens (tertiary/aromatic N) is 2. The number of amides is 1. The van der Waals surface area contributed by atoms with E-state index in [1.165, 1.54) is 21.9 Å². The molecule has 0 spiro atoms. The van der Waals surface area contributed by atoms with Gasteiger partial charge in [0.2, 0.25) is 0 Å². The third kappa shape index (κ3) is 6.66. The lowest BCUT2D eigenvalue weighted by Gasteiger charge is -2.11. The topological polar surface area (TPSA) is 56.2 Å². The van der Waals surface area contributed by atoms with Crippen molar-refractivity contribution in [2.24, 2.45) is 0 Å². The molecular formula is C34H37N3O2. The van der Waals surface area contributed by atoms with Gasteiger partial charge in [-0.2, -0.15) is 0 Å². The number of rotatable bonds is 12. The predicted molar refractivity (Wildman–Crippen MR) is 160 cm³/mol. The SMILES string of the molecule is Cc1ccc(C(=O)NCCCCCc2nc3ccccc3n2CCCOc2ccc3ccccc3c2)c(C)c1. The van der Waals surface area contributed by atoms with E-state index >= 15 is 0 Å². The summed E-state index contributed by atoms with van der Waals surface area (Å²) in [4.78, 5) is 17.5. The van der Waals surface area contributed by atoms with Crippen LogP contribution in [0.4, 0.5) is 0 Å². The highest BCUT2D eigenvalue weighted by Gasteiger charge is 2.11. The minimum Gasteiger partial charge on any atom is -0.494 e. The third-order valence-electron chi connectivity index (χ3n) is 7.24. The van der Waals surface area contributed by atoms with Crippen molar-refractivity contribution >= 4 is 27.7 Å². The number of nitrogens with one attached hydrogen (secondary N) is 1. The van der Waals surface area contributed by atoms with Gasteiger partial charge in [0.05, 0.1) is 17.6 Å². The van der Waals surface area contributed by atoms with Crippen LogP contribution in [0.3, 0.4) is 0 Å². The lowest BCUT2D eigenvalue weighted by atomic mass is 10.1. The second kappa shape index (κ2) is 12.6. The van der Waals surface area contributed by atoms with Crippen LogP contribution >= 0.6 is 0 Å². The zero-order valence-electron chi connectivity index (χ0n) is 23.0. The first-order valence-electron chi connectivity index (χ1n) is 14.0. The van der Waals surface area contributed by atoms with Crippen LogP contribution < -0.4 is 10.1 Å². The normalized spacial score (nSPS) is 11.2. The quantitative estimate of drug-likeness (QED) is 0.175. The second-order valence-electron chi connectivity index (χ2n) is 10.3. The molecular weight excluding hydrogens is 482 g/mol. The molecule has 5 nitrogen and oxygen atoms in total. The fourth-order valence-electron chi connectivity index (χ4n) is 5.19. The van der Waals surface area contributed by atoms with Gasteiger partial charge in [-0.15, -0.1) is 0 Å². The predicted octanol–water partition coefficient (Wildman–Crippen LogP) is 7.42. The van der Waals surface area contributed by atoms with Gasteiger partial charge in [0.1, 0.15) is 11.6 Å². The van der Waals surface area contributed by atoms with Crippen molar-refractivity contribution in [1.29, 1.82) is 0 Å². The summed E-state index contributed by atoms with van der Waals surface area (Å²) in [5.74, 6) is 2.05. The largest absolute Gasteiger partial charge is 0.494 e. The molecule has 39 heavy (non-hydrogen) atoms. The number of benzene rings is 4. The van der Waals surface area contributed by atoms with E-state index in [1.54, 1.807) is 0 Å². The van der Waals surface area contributed by atoms with E-state index in [1.807, 2.05) is 38.1 Å². The zero-order valence-corrected chi connectivity index (χ0v) is 23.0. The fraction of sp³-hybridized carbons (Fsp3) is 0.294. The van der Waals surface area contributed by atoms with Crippen molar-refractivity contribution in [3.05, 3.63) is 107 Å². The Morgan fingerprint density at radius 3 is 2.54 bits per heavy atom. The Kier molecular flexibility index (Phi) is 8.57. The minimum absolute atomic E-state index is 0.0141. The summed E-state index contributed by atoms with van der Waals surface area (Å²) in [7, 11) is 0. The highest BCUT2D eigenvalue weighted by atomic mass is 16.5. The van der Waals surface area contributed by atoms with Crippen molar-refractivity contribution in [2.75, 3.05) is 13.2 Å². The van der Waals surface area contributed by atoms with Crippen molar-refractivity contribution < 1.29 is 9.53 Å². The molecule has 1 amide bonds. The Morgan fingerprint density at radius 1 is 0.846 bits per heavy atom. The van der Waals surface area contributed by atoms with E-state index in [0.717, 1.165) is 66.9 Å². The molecule has 0 saturated heterocycles. The van der Waals surface area contributed by atoms with Gasteiger partial charge in [0, 0.05) is 25.1 Å². The molecule has 0 aliphatic heterocycles. The Labute approximate surface area is 230 Å². The molecule has 1 heterocycles. The molecule has 0 radical (unpaired) electrons. The van der Waals surface area contributed by atoms with Crippen molar-refractivity contribution in [3.63, 3.8) is 0 Å². The van der Waals surface area contributed by atoms with E-state index in [2.05, 4.69) is 70.5 Å². The number of fused-ring (bicyclic) bond motifs is 2. The number of hydrogen-bond donors (Lipinski definition) is 1. The van der Waals surface area contributed by atoms with Crippen LogP contribution in [0.15, 0.2) is 84.9 Å². The molecule has 200 valence electrons. The number of aryl methyl sites for hydroxylation is 4. The lowest BCUT2D eigenvalue weighted by molar-refractivity contribution is 0.0952. The van der Waals surface area contributed by atoms with Gasteiger partial charge < -0.3 is 14.6 Å². The third-order valence-corrected chi connectivity index (χ3v) is 7.24. The Morgan fingerprint density at radius 2 is 1.67 bits per heavy atom. The second-order valence-corrected chi connectivity index (χ2v) is 10.3. The average molecular weight is 520 g/mol. The summed E-state index contributed by atoms with van der Waals surface area (Å²) < 4.78 is 8.43. The number of ether oxygens (including phenoxy) is 1. The van der Waals surface area contributed by atoms with Crippen LogP contribution in [-0.4, -0.2) is 28.6 Å². The molecule has 0 saturated carbocycles. The maximum Gasteiger partial charge on any atom is 0.251 e. The molecule has 0 bridgehead atoms. The highest BCUT2D eigenvalue weighted by Crippen LogP contribution is 2.22. The zero-order chi connectivity index (χ0) is 27.0. The molecule has 5 rings (SSSR count). The van der Waals surface area contributed by atoms with E-state index in [0.29, 0.717) is 13.2 Å². The molecule has 0 aliphatic rings. The molecule has 5 heteroatoms. The van der Waals surface area contributed by atoms with Crippen LogP contribution in [0.1, 0.15) is 53.0 Å². The monoisotopic (exact) mass is 519 g/mol. The molecule has 5 aromatic rings. The summed E-state index contributed by atoms with van der Waals surface area (Å²) in [5.41, 5.74) is 5.18. The van der Waals surface area contributed by atoms with Gasteiger partial charge in [-0.3, -0.25) is 4.79 Å². The number of carbonyl (C=O) groups excluding carboxylic acids is 1. The van der Waals surface area contributed by atoms with Gasteiger partial charge in [0.15, 0.2) is 0 Å². The first-order chi connectivity index (χ1) is 19.1. The molecule has 1 N–H and O–H groups in total. The summed E-state index contributed by atoms with van der Waals surface area (Å²) in [6.45, 7) is 6.25. The molecule has 0 aliphatic carbocycles. The van der Waals surface area contributed by atoms with E-state index < -0.39 is 0 Å². The molecule has 4 aromatic carbocycles. The first kappa shape index (κ1) is 26.5. The lowest BCUT2D eigenvalue weighted by Crippen LogP contribution is -2.25. The number of unbranched alkanes of at least 4 members (excludes halogenated alkanes) is 2. The summed E-state index contributed by atoms with van der Waals surface area (Å²) in [5, 5.41) is 5.50. The van der Waals surface area contributed by atoms with Crippen molar-refractivity contribution in [2.45, 2.75) is 52.5 Å². The molecule has 0 atom stereocenters. The van der Waals surface area contributed by atoms with Crippen LogP contribution in [0.5, 0.6) is 5.75 Å². The summed E-state index contributed by atoms with van der Waals surface area (Å²) >= 11 is 0. The number of aromatic nitrogens is 2. The highest BCUT2D eigenvalue weighted by molar-refractivity contribution is 5.95. The van der Waals surface area contributed by atoms with Crippen LogP contribution in [0.25, 0.3) is 21.8 Å². The minimum atomic E-state index is 0.0141. The van der Waals surface area contributed by atoms with Gasteiger partial charge in [-0.05, 0) is 79.8 Å². The molecule has 1 aromatic heterocycles.